The third-order valence-corrected chi connectivity index (χ3v) is 4.30. The van der Waals surface area contributed by atoms with E-state index in [1.54, 1.807) is 20.8 Å². The van der Waals surface area contributed by atoms with Crippen molar-refractivity contribution in [1.29, 1.82) is 0 Å². The van der Waals surface area contributed by atoms with Crippen LogP contribution < -0.4 is 5.32 Å². The Balaban J connectivity index is 5.23. The van der Waals surface area contributed by atoms with Crippen molar-refractivity contribution in [2.75, 3.05) is 13.2 Å². The van der Waals surface area contributed by atoms with Gasteiger partial charge < -0.3 is 19.5 Å². The number of hydrogen-bond acceptors (Lipinski definition) is 6. The SMILES string of the molecule is C=CCOC(=O)[C@H](CC(C)C)OC(=O)C(CC)(CC)CNC(=O)OC(C)(C)C. The average molecular weight is 400 g/mol. The molecule has 7 heteroatoms. The Hall–Kier alpha value is -2.05. The summed E-state index contributed by atoms with van der Waals surface area (Å²) in [6.45, 7) is 16.5. The fourth-order valence-corrected chi connectivity index (χ4v) is 2.53. The topological polar surface area (TPSA) is 90.9 Å². The second-order valence-corrected chi connectivity index (χ2v) is 8.29. The molecule has 0 aliphatic rings. The number of hydrogen-bond donors (Lipinski definition) is 1. The summed E-state index contributed by atoms with van der Waals surface area (Å²) in [7, 11) is 0. The van der Waals surface area contributed by atoms with Crippen molar-refractivity contribution >= 4 is 18.0 Å². The van der Waals surface area contributed by atoms with Crippen molar-refractivity contribution < 1.29 is 28.6 Å². The van der Waals surface area contributed by atoms with Gasteiger partial charge in [-0.05, 0) is 46.0 Å². The van der Waals surface area contributed by atoms with Gasteiger partial charge in [-0.3, -0.25) is 4.79 Å². The standard InChI is InChI=1S/C21H37NO6/c1-9-12-26-17(23)16(13-15(4)5)27-18(24)21(10-2,11-3)14-22-19(25)28-20(6,7)8/h9,15-16H,1,10-14H2,2-8H3,(H,22,25)/t16-/m0/s1. The largest absolute Gasteiger partial charge is 0.459 e. The molecule has 0 aromatic rings. The van der Waals surface area contributed by atoms with E-state index in [4.69, 9.17) is 14.2 Å². The van der Waals surface area contributed by atoms with Crippen molar-refractivity contribution in [3.63, 3.8) is 0 Å². The highest BCUT2D eigenvalue weighted by Crippen LogP contribution is 2.29. The Morgan fingerprint density at radius 2 is 1.68 bits per heavy atom. The lowest BCUT2D eigenvalue weighted by molar-refractivity contribution is -0.175. The van der Waals surface area contributed by atoms with E-state index in [0.29, 0.717) is 19.3 Å². The molecule has 0 spiro atoms. The number of rotatable bonds is 11. The van der Waals surface area contributed by atoms with Crippen LogP contribution in [0.2, 0.25) is 0 Å². The van der Waals surface area contributed by atoms with Crippen LogP contribution in [-0.4, -0.2) is 42.9 Å². The Bertz CT molecular complexity index is 532. The molecule has 7 nitrogen and oxygen atoms in total. The molecule has 0 fully saturated rings. The molecular weight excluding hydrogens is 362 g/mol. The van der Waals surface area contributed by atoms with Gasteiger partial charge in [-0.15, -0.1) is 0 Å². The highest BCUT2D eigenvalue weighted by molar-refractivity contribution is 5.83. The normalized spacial score (nSPS) is 12.9. The van der Waals surface area contributed by atoms with E-state index in [0.717, 1.165) is 0 Å². The Morgan fingerprint density at radius 1 is 1.11 bits per heavy atom. The average Bonchev–Trinajstić information content (AvgIpc) is 2.58. The number of nitrogens with one attached hydrogen (secondary N) is 1. The quantitative estimate of drug-likeness (QED) is 0.321. The Morgan fingerprint density at radius 3 is 2.11 bits per heavy atom. The fourth-order valence-electron chi connectivity index (χ4n) is 2.53. The van der Waals surface area contributed by atoms with E-state index >= 15 is 0 Å². The van der Waals surface area contributed by atoms with Crippen molar-refractivity contribution in [2.45, 2.75) is 79.4 Å². The first-order chi connectivity index (χ1) is 12.9. The maximum Gasteiger partial charge on any atom is 0.407 e. The molecule has 0 radical (unpaired) electrons. The summed E-state index contributed by atoms with van der Waals surface area (Å²) >= 11 is 0. The predicted molar refractivity (Wildman–Crippen MR) is 108 cm³/mol. The summed E-state index contributed by atoms with van der Waals surface area (Å²) in [5.41, 5.74) is -1.59. The van der Waals surface area contributed by atoms with Gasteiger partial charge in [0.25, 0.3) is 0 Å². The predicted octanol–water partition coefficient (Wildman–Crippen LogP) is 4.00. The highest BCUT2D eigenvalue weighted by Gasteiger charge is 2.40. The third-order valence-electron chi connectivity index (χ3n) is 4.30. The second kappa shape index (κ2) is 11.7. The molecule has 162 valence electrons. The van der Waals surface area contributed by atoms with Gasteiger partial charge in [0.05, 0.1) is 5.41 Å². The molecule has 0 aromatic heterocycles. The molecule has 0 heterocycles. The summed E-state index contributed by atoms with van der Waals surface area (Å²) in [5.74, 6) is -0.996. The van der Waals surface area contributed by atoms with E-state index in [-0.39, 0.29) is 19.1 Å². The van der Waals surface area contributed by atoms with E-state index in [1.807, 2.05) is 27.7 Å². The van der Waals surface area contributed by atoms with Gasteiger partial charge in [-0.1, -0.05) is 40.3 Å². The Labute approximate surface area is 169 Å². The Kier molecular flexibility index (Phi) is 10.9. The summed E-state index contributed by atoms with van der Waals surface area (Å²) in [6.07, 6.45) is 1.09. The van der Waals surface area contributed by atoms with Gasteiger partial charge in [0, 0.05) is 6.54 Å². The fraction of sp³-hybridized carbons (Fsp3) is 0.762. The number of carbonyl (C=O) groups excluding carboxylic acids is 3. The summed E-state index contributed by atoms with van der Waals surface area (Å²) in [4.78, 5) is 37.2. The molecule has 0 unspecified atom stereocenters. The van der Waals surface area contributed by atoms with Crippen LogP contribution in [0.15, 0.2) is 12.7 Å². The molecule has 0 bridgehead atoms. The molecule has 1 amide bonds. The molecule has 0 saturated carbocycles. The lowest BCUT2D eigenvalue weighted by atomic mass is 9.82. The van der Waals surface area contributed by atoms with E-state index < -0.39 is 35.2 Å². The van der Waals surface area contributed by atoms with Gasteiger partial charge in [0.15, 0.2) is 6.10 Å². The van der Waals surface area contributed by atoms with Crippen molar-refractivity contribution in [2.24, 2.45) is 11.3 Å². The van der Waals surface area contributed by atoms with Crippen molar-refractivity contribution in [3.05, 3.63) is 12.7 Å². The lowest BCUT2D eigenvalue weighted by Gasteiger charge is -2.31. The van der Waals surface area contributed by atoms with Crippen LogP contribution in [-0.2, 0) is 23.8 Å². The minimum absolute atomic E-state index is 0.0534. The molecule has 1 N–H and O–H groups in total. The lowest BCUT2D eigenvalue weighted by Crippen LogP contribution is -2.46. The zero-order chi connectivity index (χ0) is 22.0. The monoisotopic (exact) mass is 399 g/mol. The maximum atomic E-state index is 13.0. The van der Waals surface area contributed by atoms with Gasteiger partial charge >= 0.3 is 18.0 Å². The minimum atomic E-state index is -0.994. The summed E-state index contributed by atoms with van der Waals surface area (Å²) < 4.78 is 15.9. The van der Waals surface area contributed by atoms with Gasteiger partial charge in [-0.25, -0.2) is 9.59 Å². The first-order valence-electron chi connectivity index (χ1n) is 9.86. The van der Waals surface area contributed by atoms with E-state index in [2.05, 4.69) is 11.9 Å². The van der Waals surface area contributed by atoms with Crippen molar-refractivity contribution in [3.8, 4) is 0 Å². The zero-order valence-electron chi connectivity index (χ0n) is 18.4. The smallest absolute Gasteiger partial charge is 0.407 e. The van der Waals surface area contributed by atoms with Crippen LogP contribution in [0.5, 0.6) is 0 Å². The molecule has 1 atom stereocenters. The third kappa shape index (κ3) is 9.24. The highest BCUT2D eigenvalue weighted by atomic mass is 16.6. The van der Waals surface area contributed by atoms with E-state index in [1.165, 1.54) is 6.08 Å². The second-order valence-electron chi connectivity index (χ2n) is 8.29. The maximum absolute atomic E-state index is 13.0. The number of alkyl carbamates (subject to hydrolysis) is 1. The number of esters is 2. The zero-order valence-corrected chi connectivity index (χ0v) is 18.4. The number of ether oxygens (including phenoxy) is 3. The molecule has 0 aromatic carbocycles. The number of amides is 1. The molecule has 0 rings (SSSR count). The van der Waals surface area contributed by atoms with Crippen LogP contribution in [0.4, 0.5) is 4.79 Å². The van der Waals surface area contributed by atoms with Gasteiger partial charge in [0.2, 0.25) is 0 Å². The van der Waals surface area contributed by atoms with Crippen LogP contribution in [0, 0.1) is 11.3 Å². The number of carbonyl (C=O) groups is 3. The van der Waals surface area contributed by atoms with Gasteiger partial charge in [-0.2, -0.15) is 0 Å². The summed E-state index contributed by atoms with van der Waals surface area (Å²) in [5, 5.41) is 2.65. The van der Waals surface area contributed by atoms with Crippen LogP contribution >= 0.6 is 0 Å². The first kappa shape index (κ1) is 26.0. The minimum Gasteiger partial charge on any atom is -0.459 e. The summed E-state index contributed by atoms with van der Waals surface area (Å²) in [6, 6.07) is 0. The molecule has 0 aliphatic carbocycles. The first-order valence-corrected chi connectivity index (χ1v) is 9.86. The van der Waals surface area contributed by atoms with Crippen LogP contribution in [0.3, 0.4) is 0 Å². The van der Waals surface area contributed by atoms with E-state index in [9.17, 15) is 14.4 Å². The van der Waals surface area contributed by atoms with Crippen LogP contribution in [0.1, 0.15) is 67.7 Å². The van der Waals surface area contributed by atoms with Crippen LogP contribution in [0.25, 0.3) is 0 Å². The molecule has 0 aliphatic heterocycles. The van der Waals surface area contributed by atoms with Crippen molar-refractivity contribution in [1.82, 2.24) is 5.32 Å². The molecule has 0 saturated heterocycles. The molecular formula is C21H37NO6. The molecule has 28 heavy (non-hydrogen) atoms. The van der Waals surface area contributed by atoms with Gasteiger partial charge in [0.1, 0.15) is 12.2 Å².